The summed E-state index contributed by atoms with van der Waals surface area (Å²) in [5.74, 6) is 1.81. The van der Waals surface area contributed by atoms with E-state index in [9.17, 15) is 4.79 Å². The molecule has 1 amide bonds. The lowest BCUT2D eigenvalue weighted by molar-refractivity contribution is -0.121. The molecule has 1 atom stereocenters. The van der Waals surface area contributed by atoms with Gasteiger partial charge in [-0.15, -0.1) is 10.2 Å². The highest BCUT2D eigenvalue weighted by Gasteiger charge is 2.25. The molecule has 2 aromatic heterocycles. The van der Waals surface area contributed by atoms with Crippen LogP contribution in [0.15, 0.2) is 51.5 Å². The molecule has 0 aliphatic carbocycles. The van der Waals surface area contributed by atoms with E-state index in [2.05, 4.69) is 20.4 Å². The Morgan fingerprint density at radius 3 is 2.69 bits per heavy atom. The normalized spacial score (nSPS) is 15.5. The third-order valence-corrected chi connectivity index (χ3v) is 5.28. The zero-order valence-corrected chi connectivity index (χ0v) is 16.6. The van der Waals surface area contributed by atoms with E-state index < -0.39 is 0 Å². The van der Waals surface area contributed by atoms with Crippen molar-refractivity contribution in [2.75, 3.05) is 19.6 Å². The van der Waals surface area contributed by atoms with Crippen molar-refractivity contribution in [2.24, 2.45) is 0 Å². The monoisotopic (exact) mass is 394 g/mol. The van der Waals surface area contributed by atoms with Gasteiger partial charge in [0, 0.05) is 24.9 Å². The Morgan fingerprint density at radius 1 is 1.17 bits per heavy atom. The van der Waals surface area contributed by atoms with Gasteiger partial charge in [-0.3, -0.25) is 9.69 Å². The number of nitrogens with one attached hydrogen (secondary N) is 1. The summed E-state index contributed by atoms with van der Waals surface area (Å²) >= 11 is 0. The zero-order chi connectivity index (χ0) is 20.1. The lowest BCUT2D eigenvalue weighted by atomic mass is 10.1. The molecule has 29 heavy (non-hydrogen) atoms. The molecule has 1 fully saturated rings. The standard InChI is InChI=1S/C22H26N4O3/c1-16-6-8-17(9-7-16)22-25-24-21(29-22)11-10-20(27)23-15-18(19-5-4-14-28-19)26-12-2-3-13-26/h4-9,14,18H,2-3,10-13,15H2,1H3,(H,23,27). The quantitative estimate of drug-likeness (QED) is 0.629. The van der Waals surface area contributed by atoms with Crippen molar-refractivity contribution in [3.05, 3.63) is 59.9 Å². The first-order chi connectivity index (χ1) is 14.2. The predicted octanol–water partition coefficient (Wildman–Crippen LogP) is 3.52. The number of aromatic nitrogens is 2. The van der Waals surface area contributed by atoms with Gasteiger partial charge in [0.25, 0.3) is 0 Å². The molecule has 7 heteroatoms. The molecule has 152 valence electrons. The van der Waals surface area contributed by atoms with Crippen molar-refractivity contribution in [3.63, 3.8) is 0 Å². The summed E-state index contributed by atoms with van der Waals surface area (Å²) in [6, 6.07) is 11.8. The maximum Gasteiger partial charge on any atom is 0.247 e. The van der Waals surface area contributed by atoms with Gasteiger partial charge in [-0.05, 0) is 57.1 Å². The summed E-state index contributed by atoms with van der Waals surface area (Å²) in [7, 11) is 0. The third-order valence-electron chi connectivity index (χ3n) is 5.28. The number of hydrogen-bond acceptors (Lipinski definition) is 6. The van der Waals surface area contributed by atoms with E-state index in [-0.39, 0.29) is 11.9 Å². The minimum Gasteiger partial charge on any atom is -0.468 e. The van der Waals surface area contributed by atoms with E-state index in [0.717, 1.165) is 24.4 Å². The number of aryl methyl sites for hydroxylation is 2. The van der Waals surface area contributed by atoms with Gasteiger partial charge in [0.15, 0.2) is 0 Å². The molecule has 0 bridgehead atoms. The first kappa shape index (κ1) is 19.4. The highest BCUT2D eigenvalue weighted by atomic mass is 16.4. The molecule has 3 aromatic rings. The molecule has 3 heterocycles. The largest absolute Gasteiger partial charge is 0.468 e. The summed E-state index contributed by atoms with van der Waals surface area (Å²) in [4.78, 5) is 14.7. The fraction of sp³-hybridized carbons (Fsp3) is 0.409. The van der Waals surface area contributed by atoms with Gasteiger partial charge in [-0.1, -0.05) is 17.7 Å². The number of hydrogen-bond donors (Lipinski definition) is 1. The van der Waals surface area contributed by atoms with E-state index in [1.807, 2.05) is 43.3 Å². The molecule has 1 N–H and O–H groups in total. The number of benzene rings is 1. The average Bonchev–Trinajstić information content (AvgIpc) is 3.50. The minimum atomic E-state index is -0.0316. The van der Waals surface area contributed by atoms with Crippen LogP contribution in [0.1, 0.15) is 42.5 Å². The number of rotatable bonds is 8. The smallest absolute Gasteiger partial charge is 0.247 e. The second kappa shape index (κ2) is 9.05. The number of carbonyl (C=O) groups excluding carboxylic acids is 1. The topological polar surface area (TPSA) is 84.4 Å². The SMILES string of the molecule is Cc1ccc(-c2nnc(CCC(=O)NCC(c3ccco3)N3CCCC3)o2)cc1. The second-order valence-corrected chi connectivity index (χ2v) is 7.45. The van der Waals surface area contributed by atoms with Crippen molar-refractivity contribution in [1.29, 1.82) is 0 Å². The van der Waals surface area contributed by atoms with E-state index in [1.165, 1.54) is 18.4 Å². The summed E-state index contributed by atoms with van der Waals surface area (Å²) in [5, 5.41) is 11.2. The minimum absolute atomic E-state index is 0.0316. The van der Waals surface area contributed by atoms with Crippen molar-refractivity contribution < 1.29 is 13.6 Å². The van der Waals surface area contributed by atoms with Crippen LogP contribution in [0.3, 0.4) is 0 Å². The van der Waals surface area contributed by atoms with Crippen LogP contribution in [-0.2, 0) is 11.2 Å². The van der Waals surface area contributed by atoms with Crippen molar-refractivity contribution in [1.82, 2.24) is 20.4 Å². The molecule has 1 unspecified atom stereocenters. The predicted molar refractivity (Wildman–Crippen MR) is 108 cm³/mol. The summed E-state index contributed by atoms with van der Waals surface area (Å²) in [6.45, 7) is 4.63. The van der Waals surface area contributed by atoms with E-state index >= 15 is 0 Å². The molecule has 1 aliphatic rings. The molecule has 7 nitrogen and oxygen atoms in total. The van der Waals surface area contributed by atoms with Gasteiger partial charge in [0.05, 0.1) is 12.3 Å². The van der Waals surface area contributed by atoms with Crippen LogP contribution < -0.4 is 5.32 Å². The van der Waals surface area contributed by atoms with Crippen LogP contribution in [0, 0.1) is 6.92 Å². The summed E-state index contributed by atoms with van der Waals surface area (Å²) in [6.07, 6.45) is 4.78. The van der Waals surface area contributed by atoms with Crippen LogP contribution in [0.4, 0.5) is 0 Å². The van der Waals surface area contributed by atoms with Crippen molar-refractivity contribution in [2.45, 2.75) is 38.6 Å². The molecule has 0 radical (unpaired) electrons. The second-order valence-electron chi connectivity index (χ2n) is 7.45. The van der Waals surface area contributed by atoms with Gasteiger partial charge in [0.1, 0.15) is 5.76 Å². The molecule has 1 aliphatic heterocycles. The van der Waals surface area contributed by atoms with Crippen LogP contribution in [0.25, 0.3) is 11.5 Å². The first-order valence-corrected chi connectivity index (χ1v) is 10.1. The Hall–Kier alpha value is -2.93. The number of likely N-dealkylation sites (tertiary alicyclic amines) is 1. The van der Waals surface area contributed by atoms with Crippen LogP contribution >= 0.6 is 0 Å². The van der Waals surface area contributed by atoms with Gasteiger partial charge in [0.2, 0.25) is 17.7 Å². The summed E-state index contributed by atoms with van der Waals surface area (Å²) in [5.41, 5.74) is 2.05. The van der Waals surface area contributed by atoms with Crippen LogP contribution in [-0.4, -0.2) is 40.6 Å². The number of amides is 1. The zero-order valence-electron chi connectivity index (χ0n) is 16.6. The lowest BCUT2D eigenvalue weighted by Crippen LogP contribution is -2.36. The lowest BCUT2D eigenvalue weighted by Gasteiger charge is -2.25. The number of carbonyl (C=O) groups is 1. The Morgan fingerprint density at radius 2 is 1.97 bits per heavy atom. The van der Waals surface area contributed by atoms with Gasteiger partial charge in [-0.2, -0.15) is 0 Å². The van der Waals surface area contributed by atoms with Crippen molar-refractivity contribution >= 4 is 5.91 Å². The third kappa shape index (κ3) is 4.92. The molecular formula is C22H26N4O3. The maximum atomic E-state index is 12.4. The highest BCUT2D eigenvalue weighted by Crippen LogP contribution is 2.25. The average molecular weight is 394 g/mol. The van der Waals surface area contributed by atoms with E-state index in [4.69, 9.17) is 8.83 Å². The van der Waals surface area contributed by atoms with E-state index in [1.54, 1.807) is 6.26 Å². The molecular weight excluding hydrogens is 368 g/mol. The molecule has 0 spiro atoms. The van der Waals surface area contributed by atoms with Crippen LogP contribution in [0.5, 0.6) is 0 Å². The Balaban J connectivity index is 1.29. The Kier molecular flexibility index (Phi) is 6.05. The van der Waals surface area contributed by atoms with E-state index in [0.29, 0.717) is 31.2 Å². The molecule has 1 saturated heterocycles. The Labute approximate surface area is 170 Å². The number of furan rings is 1. The van der Waals surface area contributed by atoms with Crippen molar-refractivity contribution in [3.8, 4) is 11.5 Å². The fourth-order valence-electron chi connectivity index (χ4n) is 3.63. The highest BCUT2D eigenvalue weighted by molar-refractivity contribution is 5.76. The number of nitrogens with zero attached hydrogens (tertiary/aromatic N) is 3. The molecule has 0 saturated carbocycles. The maximum absolute atomic E-state index is 12.4. The summed E-state index contributed by atoms with van der Waals surface area (Å²) < 4.78 is 11.3. The van der Waals surface area contributed by atoms with Gasteiger partial charge < -0.3 is 14.2 Å². The molecule has 4 rings (SSSR count). The Bertz CT molecular complexity index is 912. The van der Waals surface area contributed by atoms with Gasteiger partial charge in [-0.25, -0.2) is 0 Å². The molecule has 1 aromatic carbocycles. The fourth-order valence-corrected chi connectivity index (χ4v) is 3.63. The van der Waals surface area contributed by atoms with Gasteiger partial charge >= 0.3 is 0 Å². The first-order valence-electron chi connectivity index (χ1n) is 10.1. The van der Waals surface area contributed by atoms with Crippen LogP contribution in [0.2, 0.25) is 0 Å².